The Morgan fingerprint density at radius 2 is 1.82 bits per heavy atom. The van der Waals surface area contributed by atoms with Crippen molar-refractivity contribution in [2.75, 3.05) is 5.75 Å². The molecule has 2 N–H and O–H groups in total. The van der Waals surface area contributed by atoms with Crippen LogP contribution in [0, 0.1) is 6.92 Å². The highest BCUT2D eigenvalue weighted by Crippen LogP contribution is 2.21. The molecule has 0 bridgehead atoms. The molecular formula is C22H26N4OS. The molecule has 1 aromatic heterocycles. The van der Waals surface area contributed by atoms with Crippen molar-refractivity contribution in [3.05, 3.63) is 65.2 Å². The summed E-state index contributed by atoms with van der Waals surface area (Å²) in [5, 5.41) is 10.8. The fourth-order valence-corrected chi connectivity index (χ4v) is 3.53. The number of aromatic amines is 1. The van der Waals surface area contributed by atoms with E-state index in [0.29, 0.717) is 5.16 Å². The second kappa shape index (κ2) is 9.55. The Morgan fingerprint density at radius 1 is 1.11 bits per heavy atom. The summed E-state index contributed by atoms with van der Waals surface area (Å²) >= 11 is 1.34. The van der Waals surface area contributed by atoms with Crippen LogP contribution in [-0.2, 0) is 11.2 Å². The Labute approximate surface area is 170 Å². The third-order valence-corrected chi connectivity index (χ3v) is 5.50. The van der Waals surface area contributed by atoms with Crippen molar-refractivity contribution in [1.82, 2.24) is 20.5 Å². The molecular weight excluding hydrogens is 368 g/mol. The van der Waals surface area contributed by atoms with E-state index in [1.165, 1.54) is 22.9 Å². The van der Waals surface area contributed by atoms with Gasteiger partial charge in [0.1, 0.15) is 0 Å². The third kappa shape index (κ3) is 5.23. The van der Waals surface area contributed by atoms with Crippen molar-refractivity contribution >= 4 is 17.7 Å². The van der Waals surface area contributed by atoms with Gasteiger partial charge in [0.05, 0.1) is 11.8 Å². The number of hydrogen-bond donors (Lipinski definition) is 2. The molecule has 0 unspecified atom stereocenters. The van der Waals surface area contributed by atoms with Gasteiger partial charge in [-0.15, -0.1) is 5.10 Å². The summed E-state index contributed by atoms with van der Waals surface area (Å²) in [4.78, 5) is 16.9. The van der Waals surface area contributed by atoms with Gasteiger partial charge < -0.3 is 5.32 Å². The number of aromatic nitrogens is 3. The number of thioether (sulfide) groups is 1. The van der Waals surface area contributed by atoms with Crippen molar-refractivity contribution in [3.63, 3.8) is 0 Å². The molecule has 0 saturated carbocycles. The molecule has 0 radical (unpaired) electrons. The van der Waals surface area contributed by atoms with Crippen LogP contribution in [0.1, 0.15) is 43.0 Å². The normalized spacial score (nSPS) is 12.0. The molecule has 1 atom stereocenters. The molecule has 0 aliphatic rings. The summed E-state index contributed by atoms with van der Waals surface area (Å²) in [6.07, 6.45) is 1.85. The Kier molecular flexibility index (Phi) is 6.87. The Morgan fingerprint density at radius 3 is 2.46 bits per heavy atom. The fourth-order valence-electron chi connectivity index (χ4n) is 2.92. The van der Waals surface area contributed by atoms with Gasteiger partial charge in [0, 0.05) is 5.56 Å². The van der Waals surface area contributed by atoms with Gasteiger partial charge in [0.2, 0.25) is 11.1 Å². The first kappa shape index (κ1) is 20.1. The maximum absolute atomic E-state index is 12.4. The van der Waals surface area contributed by atoms with Gasteiger partial charge >= 0.3 is 0 Å². The molecule has 146 valence electrons. The SMILES string of the molecule is CCc1ccc(-c2nc(SCC(=O)N[C@@H](CC)c3ccc(C)cc3)n[nH]2)cc1. The molecule has 0 spiro atoms. The van der Waals surface area contributed by atoms with E-state index >= 15 is 0 Å². The highest BCUT2D eigenvalue weighted by atomic mass is 32.2. The summed E-state index contributed by atoms with van der Waals surface area (Å²) in [5.74, 6) is 0.988. The summed E-state index contributed by atoms with van der Waals surface area (Å²) < 4.78 is 0. The predicted octanol–water partition coefficient (Wildman–Crippen LogP) is 4.70. The largest absolute Gasteiger partial charge is 0.349 e. The molecule has 0 aliphatic heterocycles. The number of benzene rings is 2. The first-order valence-corrected chi connectivity index (χ1v) is 10.6. The van der Waals surface area contributed by atoms with Crippen LogP contribution in [0.5, 0.6) is 0 Å². The lowest BCUT2D eigenvalue weighted by Crippen LogP contribution is -2.29. The molecule has 1 heterocycles. The highest BCUT2D eigenvalue weighted by Gasteiger charge is 2.14. The van der Waals surface area contributed by atoms with Crippen LogP contribution in [0.4, 0.5) is 0 Å². The van der Waals surface area contributed by atoms with E-state index in [2.05, 4.69) is 77.7 Å². The molecule has 0 aliphatic carbocycles. The molecule has 2 aromatic carbocycles. The maximum atomic E-state index is 12.4. The van der Waals surface area contributed by atoms with Crippen LogP contribution in [0.15, 0.2) is 53.7 Å². The van der Waals surface area contributed by atoms with Gasteiger partial charge in [-0.3, -0.25) is 9.89 Å². The Hall–Kier alpha value is -2.60. The van der Waals surface area contributed by atoms with Gasteiger partial charge in [0.25, 0.3) is 0 Å². The number of H-pyrrole nitrogens is 1. The van der Waals surface area contributed by atoms with Gasteiger partial charge in [0.15, 0.2) is 5.82 Å². The van der Waals surface area contributed by atoms with Crippen LogP contribution in [0.25, 0.3) is 11.4 Å². The molecule has 0 fully saturated rings. The second-order valence-electron chi connectivity index (χ2n) is 6.74. The van der Waals surface area contributed by atoms with Crippen molar-refractivity contribution in [3.8, 4) is 11.4 Å². The minimum Gasteiger partial charge on any atom is -0.349 e. The number of carbonyl (C=O) groups is 1. The Balaban J connectivity index is 1.55. The van der Waals surface area contributed by atoms with E-state index in [1.807, 2.05) is 12.1 Å². The number of hydrogen-bond acceptors (Lipinski definition) is 4. The molecule has 3 aromatic rings. The van der Waals surface area contributed by atoms with Crippen LogP contribution in [0.3, 0.4) is 0 Å². The first-order valence-electron chi connectivity index (χ1n) is 9.59. The molecule has 6 heteroatoms. The predicted molar refractivity (Wildman–Crippen MR) is 114 cm³/mol. The van der Waals surface area contributed by atoms with E-state index in [1.54, 1.807) is 0 Å². The number of carbonyl (C=O) groups excluding carboxylic acids is 1. The average Bonchev–Trinajstić information content (AvgIpc) is 3.20. The lowest BCUT2D eigenvalue weighted by atomic mass is 10.0. The maximum Gasteiger partial charge on any atom is 0.230 e. The zero-order valence-corrected chi connectivity index (χ0v) is 17.3. The molecule has 1 amide bonds. The lowest BCUT2D eigenvalue weighted by molar-refractivity contribution is -0.119. The first-order chi connectivity index (χ1) is 13.6. The monoisotopic (exact) mass is 394 g/mol. The van der Waals surface area contributed by atoms with Crippen LogP contribution in [-0.4, -0.2) is 26.8 Å². The average molecular weight is 395 g/mol. The van der Waals surface area contributed by atoms with Gasteiger partial charge in [-0.25, -0.2) is 4.98 Å². The van der Waals surface area contributed by atoms with Crippen LogP contribution in [0.2, 0.25) is 0 Å². The van der Waals surface area contributed by atoms with Crippen LogP contribution >= 0.6 is 11.8 Å². The Bertz CT molecular complexity index is 903. The zero-order chi connectivity index (χ0) is 19.9. The number of nitrogens with one attached hydrogen (secondary N) is 2. The van der Waals surface area contributed by atoms with Crippen molar-refractivity contribution in [2.45, 2.75) is 44.8 Å². The second-order valence-corrected chi connectivity index (χ2v) is 7.69. The standard InChI is InChI=1S/C22H26N4OS/c1-4-16-8-12-18(13-9-16)21-24-22(26-25-21)28-14-20(27)23-19(5-2)17-10-6-15(3)7-11-17/h6-13,19H,4-5,14H2,1-3H3,(H,23,27)(H,24,25,26)/t19-/m0/s1. The summed E-state index contributed by atoms with van der Waals surface area (Å²) in [6.45, 7) is 6.26. The molecule has 3 rings (SSSR count). The molecule has 5 nitrogen and oxygen atoms in total. The number of nitrogens with zero attached hydrogens (tertiary/aromatic N) is 2. The van der Waals surface area contributed by atoms with Gasteiger partial charge in [-0.05, 0) is 30.9 Å². The number of amides is 1. The third-order valence-electron chi connectivity index (χ3n) is 4.66. The minimum absolute atomic E-state index is 0.0175. The van der Waals surface area contributed by atoms with E-state index in [-0.39, 0.29) is 17.7 Å². The summed E-state index contributed by atoms with van der Waals surface area (Å²) in [6, 6.07) is 16.6. The van der Waals surface area contributed by atoms with E-state index in [9.17, 15) is 4.79 Å². The number of aryl methyl sites for hydroxylation is 2. The minimum atomic E-state index is -0.0175. The van der Waals surface area contributed by atoms with Crippen molar-refractivity contribution in [1.29, 1.82) is 0 Å². The summed E-state index contributed by atoms with van der Waals surface area (Å²) in [5.41, 5.74) is 4.62. The quantitative estimate of drug-likeness (QED) is 0.543. The highest BCUT2D eigenvalue weighted by molar-refractivity contribution is 7.99. The smallest absolute Gasteiger partial charge is 0.230 e. The van der Waals surface area contributed by atoms with Gasteiger partial charge in [-0.1, -0.05) is 79.7 Å². The molecule has 0 saturated heterocycles. The van der Waals surface area contributed by atoms with Crippen molar-refractivity contribution < 1.29 is 4.79 Å². The van der Waals surface area contributed by atoms with E-state index in [0.717, 1.165) is 29.8 Å². The van der Waals surface area contributed by atoms with Gasteiger partial charge in [-0.2, -0.15) is 0 Å². The summed E-state index contributed by atoms with van der Waals surface area (Å²) in [7, 11) is 0. The van der Waals surface area contributed by atoms with Crippen LogP contribution < -0.4 is 5.32 Å². The fraction of sp³-hybridized carbons (Fsp3) is 0.318. The number of rotatable bonds is 8. The van der Waals surface area contributed by atoms with Crippen molar-refractivity contribution in [2.24, 2.45) is 0 Å². The topological polar surface area (TPSA) is 70.7 Å². The zero-order valence-electron chi connectivity index (χ0n) is 16.5. The van der Waals surface area contributed by atoms with E-state index in [4.69, 9.17) is 0 Å². The lowest BCUT2D eigenvalue weighted by Gasteiger charge is -2.17. The van der Waals surface area contributed by atoms with E-state index < -0.39 is 0 Å². The molecule has 28 heavy (non-hydrogen) atoms.